The number of nitrogens with zero attached hydrogens (tertiary/aromatic N) is 2. The van der Waals surface area contributed by atoms with Gasteiger partial charge in [0.25, 0.3) is 0 Å². The normalized spacial score (nSPS) is 15.5. The molecule has 1 aromatic heterocycles. The van der Waals surface area contributed by atoms with E-state index in [2.05, 4.69) is 10.5 Å². The van der Waals surface area contributed by atoms with Gasteiger partial charge in [-0.25, -0.2) is 12.8 Å². The molecule has 35 heavy (non-hydrogen) atoms. The lowest BCUT2D eigenvalue weighted by Crippen LogP contribution is -2.43. The number of nitrogens with one attached hydrogen (secondary N) is 1. The van der Waals surface area contributed by atoms with Crippen molar-refractivity contribution in [1.82, 2.24) is 14.8 Å². The minimum Gasteiger partial charge on any atom is -0.356 e. The summed E-state index contributed by atoms with van der Waals surface area (Å²) in [6.45, 7) is 2.54. The van der Waals surface area contributed by atoms with Gasteiger partial charge in [0, 0.05) is 31.1 Å². The third-order valence-corrected chi connectivity index (χ3v) is 8.19. The summed E-state index contributed by atoms with van der Waals surface area (Å²) in [6.07, 6.45) is 4.48. The summed E-state index contributed by atoms with van der Waals surface area (Å²) in [5.41, 5.74) is 1.70. The van der Waals surface area contributed by atoms with E-state index in [4.69, 9.17) is 4.52 Å². The molecule has 1 saturated heterocycles. The SMILES string of the molecule is Cc1noc(/C=C/c2ccccc2F)c1S(=O)(=O)N1CCC(C(=O)NCCc2ccccc2)CC1. The molecule has 2 aromatic carbocycles. The molecule has 9 heteroatoms. The summed E-state index contributed by atoms with van der Waals surface area (Å²) in [5.74, 6) is -0.658. The third kappa shape index (κ3) is 5.86. The standard InChI is InChI=1S/C26H28FN3O4S/c1-19-25(24(34-29-19)12-11-21-9-5-6-10-23(21)27)35(32,33)30-17-14-22(15-18-30)26(31)28-16-13-20-7-3-2-4-8-20/h2-12,22H,13-18H2,1H3,(H,28,31)/b12-11+. The molecule has 1 fully saturated rings. The minimum atomic E-state index is -3.90. The number of halogens is 1. The van der Waals surface area contributed by atoms with Crippen molar-refractivity contribution in [2.75, 3.05) is 19.6 Å². The van der Waals surface area contributed by atoms with E-state index in [1.807, 2.05) is 30.3 Å². The number of aromatic nitrogens is 1. The van der Waals surface area contributed by atoms with Gasteiger partial charge >= 0.3 is 0 Å². The van der Waals surface area contributed by atoms with Crippen LogP contribution in [0.5, 0.6) is 0 Å². The van der Waals surface area contributed by atoms with Crippen LogP contribution in [0.15, 0.2) is 64.0 Å². The molecule has 0 saturated carbocycles. The van der Waals surface area contributed by atoms with E-state index >= 15 is 0 Å². The maximum atomic E-state index is 13.9. The molecule has 0 spiro atoms. The Morgan fingerprint density at radius 2 is 1.80 bits per heavy atom. The lowest BCUT2D eigenvalue weighted by atomic mass is 9.97. The summed E-state index contributed by atoms with van der Waals surface area (Å²) >= 11 is 0. The topological polar surface area (TPSA) is 92.5 Å². The number of hydrogen-bond donors (Lipinski definition) is 1. The van der Waals surface area contributed by atoms with E-state index in [1.54, 1.807) is 25.1 Å². The largest absolute Gasteiger partial charge is 0.356 e. The minimum absolute atomic E-state index is 0.0316. The molecule has 0 aliphatic carbocycles. The Hall–Kier alpha value is -3.30. The quantitative estimate of drug-likeness (QED) is 0.507. The van der Waals surface area contributed by atoms with Crippen molar-refractivity contribution in [3.05, 3.63) is 83.0 Å². The van der Waals surface area contributed by atoms with Crippen molar-refractivity contribution in [2.24, 2.45) is 5.92 Å². The van der Waals surface area contributed by atoms with Crippen LogP contribution in [0.2, 0.25) is 0 Å². The fraction of sp³-hybridized carbons (Fsp3) is 0.308. The number of benzene rings is 2. The van der Waals surface area contributed by atoms with Crippen molar-refractivity contribution >= 4 is 28.1 Å². The molecule has 2 heterocycles. The molecule has 1 N–H and O–H groups in total. The zero-order valence-corrected chi connectivity index (χ0v) is 20.3. The van der Waals surface area contributed by atoms with Crippen LogP contribution in [-0.2, 0) is 21.2 Å². The number of amides is 1. The fourth-order valence-corrected chi connectivity index (χ4v) is 5.90. The maximum Gasteiger partial charge on any atom is 0.248 e. The maximum absolute atomic E-state index is 13.9. The first-order valence-corrected chi connectivity index (χ1v) is 13.0. The van der Waals surface area contributed by atoms with Crippen LogP contribution in [0.4, 0.5) is 4.39 Å². The van der Waals surface area contributed by atoms with Crippen molar-refractivity contribution in [3.8, 4) is 0 Å². The van der Waals surface area contributed by atoms with Gasteiger partial charge in [-0.1, -0.05) is 53.7 Å². The van der Waals surface area contributed by atoms with Crippen LogP contribution in [0.25, 0.3) is 12.2 Å². The van der Waals surface area contributed by atoms with Gasteiger partial charge in [-0.3, -0.25) is 4.79 Å². The van der Waals surface area contributed by atoms with Gasteiger partial charge in [0.2, 0.25) is 15.9 Å². The Morgan fingerprint density at radius 3 is 2.51 bits per heavy atom. The highest BCUT2D eigenvalue weighted by atomic mass is 32.2. The van der Waals surface area contributed by atoms with Gasteiger partial charge in [-0.2, -0.15) is 4.31 Å². The van der Waals surface area contributed by atoms with E-state index in [1.165, 1.54) is 22.5 Å². The highest BCUT2D eigenvalue weighted by Gasteiger charge is 2.35. The number of carbonyl (C=O) groups excluding carboxylic acids is 1. The zero-order chi connectivity index (χ0) is 24.8. The van der Waals surface area contributed by atoms with Gasteiger partial charge in [-0.05, 0) is 50.0 Å². The van der Waals surface area contributed by atoms with Crippen LogP contribution in [0.3, 0.4) is 0 Å². The summed E-state index contributed by atoms with van der Waals surface area (Å²) in [6, 6.07) is 16.1. The second kappa shape index (κ2) is 11.0. The fourth-order valence-electron chi connectivity index (χ4n) is 4.18. The number of sulfonamides is 1. The van der Waals surface area contributed by atoms with E-state index < -0.39 is 15.8 Å². The molecule has 0 unspecified atom stereocenters. The molecule has 1 aliphatic rings. The highest BCUT2D eigenvalue weighted by Crippen LogP contribution is 2.29. The molecule has 7 nitrogen and oxygen atoms in total. The first-order chi connectivity index (χ1) is 16.9. The second-order valence-electron chi connectivity index (χ2n) is 8.52. The molecule has 1 aliphatic heterocycles. The number of piperidine rings is 1. The first kappa shape index (κ1) is 24.8. The summed E-state index contributed by atoms with van der Waals surface area (Å²) < 4.78 is 47.3. The average Bonchev–Trinajstić information content (AvgIpc) is 3.25. The molecular formula is C26H28FN3O4S. The molecule has 1 amide bonds. The molecule has 3 aromatic rings. The van der Waals surface area contributed by atoms with E-state index in [9.17, 15) is 17.6 Å². The van der Waals surface area contributed by atoms with Gasteiger partial charge in [0.1, 0.15) is 11.5 Å². The molecule has 0 bridgehead atoms. The first-order valence-electron chi connectivity index (χ1n) is 11.6. The van der Waals surface area contributed by atoms with Crippen LogP contribution >= 0.6 is 0 Å². The van der Waals surface area contributed by atoms with Crippen LogP contribution in [0.1, 0.15) is 35.4 Å². The van der Waals surface area contributed by atoms with Gasteiger partial charge in [0.15, 0.2) is 10.7 Å². The van der Waals surface area contributed by atoms with Crippen molar-refractivity contribution in [2.45, 2.75) is 31.1 Å². The smallest absolute Gasteiger partial charge is 0.248 e. The van der Waals surface area contributed by atoms with Crippen LogP contribution in [-0.4, -0.2) is 43.4 Å². The Kier molecular flexibility index (Phi) is 7.77. The molecule has 184 valence electrons. The number of carbonyl (C=O) groups is 1. The highest BCUT2D eigenvalue weighted by molar-refractivity contribution is 7.89. The predicted octanol–water partition coefficient (Wildman–Crippen LogP) is 4.05. The van der Waals surface area contributed by atoms with Crippen molar-refractivity contribution in [3.63, 3.8) is 0 Å². The Bertz CT molecular complexity index is 1300. The lowest BCUT2D eigenvalue weighted by molar-refractivity contribution is -0.126. The number of aryl methyl sites for hydroxylation is 1. The van der Waals surface area contributed by atoms with Gasteiger partial charge < -0.3 is 9.84 Å². The summed E-state index contributed by atoms with van der Waals surface area (Å²) in [7, 11) is -3.90. The Labute approximate surface area is 204 Å². The predicted molar refractivity (Wildman–Crippen MR) is 131 cm³/mol. The van der Waals surface area contributed by atoms with Gasteiger partial charge in [0.05, 0.1) is 0 Å². The molecule has 0 atom stereocenters. The van der Waals surface area contributed by atoms with E-state index in [-0.39, 0.29) is 41.3 Å². The van der Waals surface area contributed by atoms with E-state index in [0.717, 1.165) is 12.0 Å². The van der Waals surface area contributed by atoms with Gasteiger partial charge in [-0.15, -0.1) is 0 Å². The number of rotatable bonds is 8. The van der Waals surface area contributed by atoms with Crippen LogP contribution in [0, 0.1) is 18.7 Å². The number of hydrogen-bond acceptors (Lipinski definition) is 5. The molecule has 4 rings (SSSR count). The second-order valence-corrected chi connectivity index (χ2v) is 10.4. The van der Waals surface area contributed by atoms with Crippen molar-refractivity contribution < 1.29 is 22.1 Å². The van der Waals surface area contributed by atoms with Crippen LogP contribution < -0.4 is 5.32 Å². The lowest BCUT2D eigenvalue weighted by Gasteiger charge is -2.30. The van der Waals surface area contributed by atoms with E-state index in [0.29, 0.717) is 24.9 Å². The summed E-state index contributed by atoms with van der Waals surface area (Å²) in [4.78, 5) is 12.6. The third-order valence-electron chi connectivity index (χ3n) is 6.13. The Morgan fingerprint density at radius 1 is 1.11 bits per heavy atom. The monoisotopic (exact) mass is 497 g/mol. The molecular weight excluding hydrogens is 469 g/mol. The van der Waals surface area contributed by atoms with Crippen molar-refractivity contribution in [1.29, 1.82) is 0 Å². The molecule has 0 radical (unpaired) electrons. The Balaban J connectivity index is 1.38. The zero-order valence-electron chi connectivity index (χ0n) is 19.5. The summed E-state index contributed by atoms with van der Waals surface area (Å²) in [5, 5.41) is 6.79. The average molecular weight is 498 g/mol.